The van der Waals surface area contributed by atoms with Crippen LogP contribution in [0.3, 0.4) is 0 Å². The van der Waals surface area contributed by atoms with Gasteiger partial charge in [-0.3, -0.25) is 14.6 Å². The quantitative estimate of drug-likeness (QED) is 0.715. The Labute approximate surface area is 138 Å². The first-order valence-corrected chi connectivity index (χ1v) is 8.58. The highest BCUT2D eigenvalue weighted by Gasteiger charge is 2.26. The van der Waals surface area contributed by atoms with Gasteiger partial charge in [0, 0.05) is 12.6 Å². The second-order valence-corrected chi connectivity index (χ2v) is 6.01. The van der Waals surface area contributed by atoms with Gasteiger partial charge in [-0.2, -0.15) is 0 Å². The Morgan fingerprint density at radius 2 is 2.30 bits per heavy atom. The van der Waals surface area contributed by atoms with Gasteiger partial charge in [-0.25, -0.2) is 0 Å². The van der Waals surface area contributed by atoms with Crippen molar-refractivity contribution in [2.75, 3.05) is 39.3 Å². The molecule has 0 unspecified atom stereocenters. The van der Waals surface area contributed by atoms with E-state index in [0.717, 1.165) is 38.2 Å². The molecule has 2 N–H and O–H groups in total. The van der Waals surface area contributed by atoms with Crippen LogP contribution in [0.2, 0.25) is 0 Å². The monoisotopic (exact) mass is 323 g/mol. The lowest BCUT2D eigenvalue weighted by Gasteiger charge is -2.29. The molecule has 23 heavy (non-hydrogen) atoms. The summed E-state index contributed by atoms with van der Waals surface area (Å²) in [4.78, 5) is 16.6. The predicted molar refractivity (Wildman–Crippen MR) is 89.1 cm³/mol. The number of likely N-dealkylation sites (tertiary alicyclic amines) is 1. The van der Waals surface area contributed by atoms with Gasteiger partial charge in [0.25, 0.3) is 0 Å². The van der Waals surface area contributed by atoms with Crippen molar-refractivity contribution in [3.63, 3.8) is 0 Å². The average Bonchev–Trinajstić information content (AvgIpc) is 3.22. The zero-order valence-electron chi connectivity index (χ0n) is 14.2. The van der Waals surface area contributed by atoms with Crippen LogP contribution in [0.15, 0.2) is 22.8 Å². The molecule has 2 heterocycles. The standard InChI is InChI=1S/C17H29N3O3/c1-3-19(4-2)15(16-8-6-10-23-16)11-18-17(22)12-20-9-5-7-14(20)13-21/h6,8,10,14-15,21H,3-5,7,9,11-13H2,1-2H3,(H,18,22)/t14-,15-/m1/s1. The molecule has 1 aliphatic heterocycles. The van der Waals surface area contributed by atoms with Crippen molar-refractivity contribution in [3.8, 4) is 0 Å². The lowest BCUT2D eigenvalue weighted by atomic mass is 10.2. The molecule has 2 rings (SSSR count). The van der Waals surface area contributed by atoms with Gasteiger partial charge in [-0.05, 0) is 44.6 Å². The molecule has 0 radical (unpaired) electrons. The summed E-state index contributed by atoms with van der Waals surface area (Å²) in [6.45, 7) is 7.92. The fraction of sp³-hybridized carbons (Fsp3) is 0.706. The molecule has 0 aromatic carbocycles. The Morgan fingerprint density at radius 1 is 1.52 bits per heavy atom. The summed E-state index contributed by atoms with van der Waals surface area (Å²) in [5, 5.41) is 12.4. The van der Waals surface area contributed by atoms with E-state index in [1.54, 1.807) is 6.26 Å². The SMILES string of the molecule is CCN(CC)[C@H](CNC(=O)CN1CCC[C@@H]1CO)c1ccco1. The molecule has 1 aromatic rings. The molecule has 130 valence electrons. The van der Waals surface area contributed by atoms with Crippen molar-refractivity contribution in [1.29, 1.82) is 0 Å². The van der Waals surface area contributed by atoms with Crippen molar-refractivity contribution in [1.82, 2.24) is 15.1 Å². The first-order chi connectivity index (χ1) is 11.2. The minimum Gasteiger partial charge on any atom is -0.468 e. The van der Waals surface area contributed by atoms with E-state index < -0.39 is 0 Å². The Kier molecular flexibility index (Phi) is 7.08. The topological polar surface area (TPSA) is 69.0 Å². The Hall–Kier alpha value is -1.37. The summed E-state index contributed by atoms with van der Waals surface area (Å²) in [6, 6.07) is 4.02. The molecule has 0 bridgehead atoms. The maximum atomic E-state index is 12.3. The largest absolute Gasteiger partial charge is 0.468 e. The molecule has 6 nitrogen and oxygen atoms in total. The lowest BCUT2D eigenvalue weighted by molar-refractivity contribution is -0.122. The van der Waals surface area contributed by atoms with Crippen LogP contribution in [0.4, 0.5) is 0 Å². The van der Waals surface area contributed by atoms with Gasteiger partial charge in [0.05, 0.1) is 25.5 Å². The van der Waals surface area contributed by atoms with Crippen LogP contribution in [0.25, 0.3) is 0 Å². The number of hydrogen-bond donors (Lipinski definition) is 2. The van der Waals surface area contributed by atoms with Crippen molar-refractivity contribution >= 4 is 5.91 Å². The van der Waals surface area contributed by atoms with E-state index in [1.165, 1.54) is 0 Å². The van der Waals surface area contributed by atoms with Crippen LogP contribution in [0, 0.1) is 0 Å². The minimum atomic E-state index is 0.00839. The zero-order chi connectivity index (χ0) is 16.7. The summed E-state index contributed by atoms with van der Waals surface area (Å²) in [5.74, 6) is 0.887. The summed E-state index contributed by atoms with van der Waals surface area (Å²) in [5.41, 5.74) is 0. The van der Waals surface area contributed by atoms with E-state index in [4.69, 9.17) is 4.42 Å². The van der Waals surface area contributed by atoms with E-state index in [2.05, 4.69) is 29.0 Å². The van der Waals surface area contributed by atoms with Crippen molar-refractivity contribution in [2.45, 2.75) is 38.8 Å². The Balaban J connectivity index is 1.89. The molecule has 1 fully saturated rings. The summed E-state index contributed by atoms with van der Waals surface area (Å²) < 4.78 is 5.54. The fourth-order valence-corrected chi connectivity index (χ4v) is 3.32. The van der Waals surface area contributed by atoms with Crippen molar-refractivity contribution in [3.05, 3.63) is 24.2 Å². The van der Waals surface area contributed by atoms with Gasteiger partial charge < -0.3 is 14.8 Å². The number of hydrogen-bond acceptors (Lipinski definition) is 5. The third-order valence-corrected chi connectivity index (χ3v) is 4.67. The van der Waals surface area contributed by atoms with Crippen LogP contribution in [0.1, 0.15) is 38.5 Å². The number of rotatable bonds is 9. The van der Waals surface area contributed by atoms with Gasteiger partial charge in [-0.1, -0.05) is 13.8 Å². The number of likely N-dealkylation sites (N-methyl/N-ethyl adjacent to an activating group) is 1. The average molecular weight is 323 g/mol. The van der Waals surface area contributed by atoms with Crippen LogP contribution in [0.5, 0.6) is 0 Å². The van der Waals surface area contributed by atoms with Gasteiger partial charge in [0.2, 0.25) is 5.91 Å². The molecule has 1 aliphatic rings. The molecular weight excluding hydrogens is 294 g/mol. The highest BCUT2D eigenvalue weighted by atomic mass is 16.3. The summed E-state index contributed by atoms with van der Waals surface area (Å²) >= 11 is 0. The highest BCUT2D eigenvalue weighted by molar-refractivity contribution is 5.78. The molecule has 2 atom stereocenters. The Morgan fingerprint density at radius 3 is 2.91 bits per heavy atom. The van der Waals surface area contributed by atoms with E-state index in [0.29, 0.717) is 13.1 Å². The number of aliphatic hydroxyl groups excluding tert-OH is 1. The first kappa shape index (κ1) is 18.0. The van der Waals surface area contributed by atoms with E-state index in [1.807, 2.05) is 12.1 Å². The smallest absolute Gasteiger partial charge is 0.234 e. The van der Waals surface area contributed by atoms with E-state index in [-0.39, 0.29) is 24.6 Å². The molecular formula is C17H29N3O3. The summed E-state index contributed by atoms with van der Waals surface area (Å²) in [6.07, 6.45) is 3.69. The van der Waals surface area contributed by atoms with Crippen molar-refractivity contribution in [2.24, 2.45) is 0 Å². The van der Waals surface area contributed by atoms with E-state index >= 15 is 0 Å². The lowest BCUT2D eigenvalue weighted by Crippen LogP contribution is -2.44. The third kappa shape index (κ3) is 4.80. The van der Waals surface area contributed by atoms with Crippen molar-refractivity contribution < 1.29 is 14.3 Å². The summed E-state index contributed by atoms with van der Waals surface area (Å²) in [7, 11) is 0. The molecule has 1 saturated heterocycles. The number of furan rings is 1. The highest BCUT2D eigenvalue weighted by Crippen LogP contribution is 2.20. The molecule has 1 aromatic heterocycles. The van der Waals surface area contributed by atoms with Gasteiger partial charge in [-0.15, -0.1) is 0 Å². The number of nitrogens with one attached hydrogen (secondary N) is 1. The maximum absolute atomic E-state index is 12.3. The van der Waals surface area contributed by atoms with Gasteiger partial charge >= 0.3 is 0 Å². The number of carbonyl (C=O) groups excluding carboxylic acids is 1. The normalized spacial score (nSPS) is 20.1. The van der Waals surface area contributed by atoms with Gasteiger partial charge in [0.15, 0.2) is 0 Å². The molecule has 0 aliphatic carbocycles. The van der Waals surface area contributed by atoms with Crippen LogP contribution in [-0.4, -0.2) is 66.2 Å². The van der Waals surface area contributed by atoms with Crippen LogP contribution < -0.4 is 5.32 Å². The van der Waals surface area contributed by atoms with Crippen LogP contribution >= 0.6 is 0 Å². The second kappa shape index (κ2) is 9.05. The number of amides is 1. The first-order valence-electron chi connectivity index (χ1n) is 8.58. The second-order valence-electron chi connectivity index (χ2n) is 6.01. The third-order valence-electron chi connectivity index (χ3n) is 4.67. The van der Waals surface area contributed by atoms with Crippen LogP contribution in [-0.2, 0) is 4.79 Å². The molecule has 1 amide bonds. The fourth-order valence-electron chi connectivity index (χ4n) is 3.32. The Bertz CT molecular complexity index is 460. The number of carbonyl (C=O) groups is 1. The number of nitrogens with zero attached hydrogens (tertiary/aromatic N) is 2. The molecule has 6 heteroatoms. The number of aliphatic hydroxyl groups is 1. The predicted octanol–water partition coefficient (Wildman–Crippen LogP) is 1.24. The minimum absolute atomic E-state index is 0.00839. The molecule has 0 spiro atoms. The maximum Gasteiger partial charge on any atom is 0.234 e. The van der Waals surface area contributed by atoms with E-state index in [9.17, 15) is 9.90 Å². The van der Waals surface area contributed by atoms with Gasteiger partial charge in [0.1, 0.15) is 5.76 Å². The molecule has 0 saturated carbocycles. The zero-order valence-corrected chi connectivity index (χ0v) is 14.2.